The summed E-state index contributed by atoms with van der Waals surface area (Å²) in [5.41, 5.74) is 8.90. The molecule has 0 spiro atoms. The Kier molecular flexibility index (Phi) is 8.07. The number of amides is 2. The number of rotatable bonds is 3. The van der Waals surface area contributed by atoms with Gasteiger partial charge in [0.15, 0.2) is 0 Å². The summed E-state index contributed by atoms with van der Waals surface area (Å²) in [6.07, 6.45) is 8.92. The van der Waals surface area contributed by atoms with E-state index in [0.29, 0.717) is 28.9 Å². The lowest BCUT2D eigenvalue weighted by atomic mass is 9.90. The van der Waals surface area contributed by atoms with Crippen LogP contribution in [0.3, 0.4) is 0 Å². The molecule has 3 aromatic heterocycles. The second-order valence-corrected chi connectivity index (χ2v) is 11.3. The molecule has 12 heteroatoms. The average molecular weight is 604 g/mol. The van der Waals surface area contributed by atoms with Crippen LogP contribution in [0.2, 0.25) is 0 Å². The Morgan fingerprint density at radius 3 is 2.68 bits per heavy atom. The van der Waals surface area contributed by atoms with Crippen LogP contribution in [0, 0.1) is 0 Å². The first-order chi connectivity index (χ1) is 21.2. The van der Waals surface area contributed by atoms with Crippen LogP contribution in [0.1, 0.15) is 78.9 Å². The van der Waals surface area contributed by atoms with Crippen LogP contribution >= 0.6 is 0 Å². The Morgan fingerprint density at radius 1 is 1.07 bits per heavy atom. The molecular formula is C32H32F3N7O2. The topological polar surface area (TPSA) is 128 Å². The monoisotopic (exact) mass is 603 g/mol. The van der Waals surface area contributed by atoms with Crippen molar-refractivity contribution in [2.75, 3.05) is 11.1 Å². The van der Waals surface area contributed by atoms with E-state index in [-0.39, 0.29) is 29.4 Å². The Hall–Kier alpha value is -4.74. The normalized spacial score (nSPS) is 20.0. The molecule has 4 heterocycles. The van der Waals surface area contributed by atoms with Crippen molar-refractivity contribution in [3.8, 4) is 11.3 Å². The third kappa shape index (κ3) is 6.15. The summed E-state index contributed by atoms with van der Waals surface area (Å²) in [5.74, 6) is -0.377. The van der Waals surface area contributed by atoms with Crippen LogP contribution in [0.15, 0.2) is 54.9 Å². The molecule has 228 valence electrons. The first kappa shape index (κ1) is 29.3. The van der Waals surface area contributed by atoms with Gasteiger partial charge in [0, 0.05) is 41.5 Å². The Labute approximate surface area is 251 Å². The summed E-state index contributed by atoms with van der Waals surface area (Å²) in [7, 11) is 0. The first-order valence-corrected chi connectivity index (χ1v) is 14.7. The van der Waals surface area contributed by atoms with Crippen molar-refractivity contribution in [3.63, 3.8) is 0 Å². The molecule has 1 saturated carbocycles. The standard InChI is InChI=1S/C32H32F3N7O2/c33-32(34,35)22-14-15-37-25(16-22)40-31(44)20-12-10-19(11-13-20)28-27-29-21(18-38-30(27)36)6-3-1-2-4-9-26(43)39-23-7-5-8-24(17-23)42(29)41-28/h3,6,10-16,18,23-24H,1-2,4-5,7-9,17H2,(H2,36,38)(H,39,43)(H,37,40,44)/b6-3+/t23-,24-/m1/s1. The van der Waals surface area contributed by atoms with Gasteiger partial charge in [-0.25, -0.2) is 9.97 Å². The number of aromatic nitrogens is 4. The quantitative estimate of drug-likeness (QED) is 0.244. The van der Waals surface area contributed by atoms with Gasteiger partial charge in [-0.05, 0) is 69.2 Å². The van der Waals surface area contributed by atoms with E-state index in [1.807, 2.05) is 10.8 Å². The van der Waals surface area contributed by atoms with E-state index in [1.54, 1.807) is 30.5 Å². The van der Waals surface area contributed by atoms with Gasteiger partial charge in [0.2, 0.25) is 5.91 Å². The van der Waals surface area contributed by atoms with Crippen LogP contribution in [-0.2, 0) is 11.0 Å². The lowest BCUT2D eigenvalue weighted by Crippen LogP contribution is -2.39. The van der Waals surface area contributed by atoms with E-state index < -0.39 is 17.6 Å². The molecule has 2 bridgehead atoms. The average Bonchev–Trinajstić information content (AvgIpc) is 3.41. The number of allylic oxidation sites excluding steroid dienone is 1. The number of benzene rings is 1. The molecule has 0 saturated heterocycles. The van der Waals surface area contributed by atoms with E-state index in [2.05, 4.69) is 26.7 Å². The van der Waals surface area contributed by atoms with E-state index in [0.717, 1.165) is 74.4 Å². The number of nitrogens with one attached hydrogen (secondary N) is 2. The molecule has 1 aliphatic carbocycles. The second kappa shape index (κ2) is 12.1. The molecule has 1 aromatic carbocycles. The highest BCUT2D eigenvalue weighted by Crippen LogP contribution is 2.39. The number of pyridine rings is 2. The molecule has 2 amide bonds. The number of nitrogen functional groups attached to an aromatic ring is 1. The highest BCUT2D eigenvalue weighted by atomic mass is 19.4. The third-order valence-corrected chi connectivity index (χ3v) is 8.21. The Bertz CT molecular complexity index is 1730. The second-order valence-electron chi connectivity index (χ2n) is 11.3. The molecule has 4 N–H and O–H groups in total. The number of nitrogens with zero attached hydrogens (tertiary/aromatic N) is 4. The highest BCUT2D eigenvalue weighted by molar-refractivity contribution is 6.06. The third-order valence-electron chi connectivity index (χ3n) is 8.21. The number of halogens is 3. The zero-order chi connectivity index (χ0) is 30.8. The summed E-state index contributed by atoms with van der Waals surface area (Å²) in [5, 5.41) is 11.4. The maximum atomic E-state index is 13.1. The molecule has 2 atom stereocenters. The molecular weight excluding hydrogens is 571 g/mol. The number of alkyl halides is 3. The van der Waals surface area contributed by atoms with Crippen LogP contribution < -0.4 is 16.4 Å². The molecule has 44 heavy (non-hydrogen) atoms. The lowest BCUT2D eigenvalue weighted by Gasteiger charge is -2.30. The zero-order valence-electron chi connectivity index (χ0n) is 23.9. The van der Waals surface area contributed by atoms with E-state index >= 15 is 0 Å². The minimum Gasteiger partial charge on any atom is -0.383 e. The van der Waals surface area contributed by atoms with Crippen LogP contribution in [0.25, 0.3) is 28.2 Å². The Morgan fingerprint density at radius 2 is 1.89 bits per heavy atom. The maximum absolute atomic E-state index is 13.1. The number of fused-ring (bicyclic) bond motifs is 3. The van der Waals surface area contributed by atoms with Crippen molar-refractivity contribution < 1.29 is 22.8 Å². The van der Waals surface area contributed by atoms with Crippen LogP contribution in [0.4, 0.5) is 24.8 Å². The molecule has 0 unspecified atom stereocenters. The van der Waals surface area contributed by atoms with Gasteiger partial charge < -0.3 is 16.4 Å². The summed E-state index contributed by atoms with van der Waals surface area (Å²) in [6, 6.07) is 8.36. The van der Waals surface area contributed by atoms with Gasteiger partial charge in [-0.15, -0.1) is 0 Å². The minimum atomic E-state index is -4.55. The minimum absolute atomic E-state index is 0.0344. The van der Waals surface area contributed by atoms with E-state index in [1.165, 1.54) is 0 Å². The summed E-state index contributed by atoms with van der Waals surface area (Å²) < 4.78 is 41.3. The summed E-state index contributed by atoms with van der Waals surface area (Å²) >= 11 is 0. The summed E-state index contributed by atoms with van der Waals surface area (Å²) in [6.45, 7) is 0. The van der Waals surface area contributed by atoms with Gasteiger partial charge in [0.25, 0.3) is 5.91 Å². The lowest BCUT2D eigenvalue weighted by molar-refractivity contribution is -0.137. The fourth-order valence-electron chi connectivity index (χ4n) is 6.03. The van der Waals surface area contributed by atoms with E-state index in [4.69, 9.17) is 10.8 Å². The number of hydrogen-bond acceptors (Lipinski definition) is 6. The van der Waals surface area contributed by atoms with Gasteiger partial charge in [-0.2, -0.15) is 18.3 Å². The highest BCUT2D eigenvalue weighted by Gasteiger charge is 2.31. The predicted octanol–water partition coefficient (Wildman–Crippen LogP) is 6.53. The number of hydrogen-bond donors (Lipinski definition) is 3. The smallest absolute Gasteiger partial charge is 0.383 e. The van der Waals surface area contributed by atoms with Gasteiger partial charge in [-0.1, -0.05) is 24.3 Å². The van der Waals surface area contributed by atoms with Gasteiger partial charge in [0.05, 0.1) is 22.5 Å². The molecule has 6 rings (SSSR count). The maximum Gasteiger partial charge on any atom is 0.416 e. The SMILES string of the molecule is Nc1ncc2c3c1c(-c1ccc(C(=O)Nc4cc(C(F)(F)F)ccn4)cc1)nn3[C@@H]1CCC[C@H](C1)NC(=O)CCCC/C=C/2. The Balaban J connectivity index is 1.35. The van der Waals surface area contributed by atoms with Crippen molar-refractivity contribution in [2.24, 2.45) is 0 Å². The van der Waals surface area contributed by atoms with Crippen molar-refractivity contribution in [2.45, 2.75) is 69.6 Å². The fourth-order valence-corrected chi connectivity index (χ4v) is 6.03. The van der Waals surface area contributed by atoms with Crippen LogP contribution in [-0.4, -0.2) is 37.6 Å². The van der Waals surface area contributed by atoms with Gasteiger partial charge in [0.1, 0.15) is 17.3 Å². The largest absolute Gasteiger partial charge is 0.416 e. The number of carbonyl (C=O) groups excluding carboxylic acids is 2. The number of carbonyl (C=O) groups is 2. The molecule has 4 aromatic rings. The van der Waals surface area contributed by atoms with Crippen molar-refractivity contribution in [3.05, 3.63) is 71.6 Å². The molecule has 1 fully saturated rings. The number of anilines is 2. The van der Waals surface area contributed by atoms with Crippen LogP contribution in [0.5, 0.6) is 0 Å². The number of nitrogens with two attached hydrogens (primary N) is 1. The first-order valence-electron chi connectivity index (χ1n) is 14.7. The predicted molar refractivity (Wildman–Crippen MR) is 162 cm³/mol. The molecule has 9 nitrogen and oxygen atoms in total. The zero-order valence-corrected chi connectivity index (χ0v) is 23.9. The summed E-state index contributed by atoms with van der Waals surface area (Å²) in [4.78, 5) is 33.7. The van der Waals surface area contributed by atoms with Crippen molar-refractivity contribution >= 4 is 40.4 Å². The van der Waals surface area contributed by atoms with Crippen molar-refractivity contribution in [1.29, 1.82) is 0 Å². The van der Waals surface area contributed by atoms with Crippen molar-refractivity contribution in [1.82, 2.24) is 25.1 Å². The van der Waals surface area contributed by atoms with Gasteiger partial charge >= 0.3 is 6.18 Å². The fraction of sp³-hybridized carbons (Fsp3) is 0.344. The molecule has 1 aliphatic heterocycles. The molecule has 0 radical (unpaired) electrons. The molecule has 2 aliphatic rings. The van der Waals surface area contributed by atoms with Gasteiger partial charge in [-0.3, -0.25) is 14.3 Å². The van der Waals surface area contributed by atoms with E-state index in [9.17, 15) is 22.8 Å².